The fraction of sp³-hybridized carbons (Fsp3) is 0.222. The van der Waals surface area contributed by atoms with E-state index >= 15 is 0 Å². The average Bonchev–Trinajstić information content (AvgIpc) is 3.09. The Morgan fingerprint density at radius 3 is 2.82 bits per heavy atom. The van der Waals surface area contributed by atoms with Gasteiger partial charge in [-0.2, -0.15) is 0 Å². The van der Waals surface area contributed by atoms with Crippen LogP contribution in [0.2, 0.25) is 0 Å². The number of terminal acetylenes is 1. The molecule has 0 saturated carbocycles. The van der Waals surface area contributed by atoms with Crippen molar-refractivity contribution in [2.24, 2.45) is 0 Å². The zero-order valence-electron chi connectivity index (χ0n) is 12.2. The monoisotopic (exact) mass is 291 g/mol. The number of aromatic nitrogens is 1. The van der Waals surface area contributed by atoms with Crippen LogP contribution in [-0.4, -0.2) is 24.0 Å². The number of nitrogens with zero attached hydrogens (tertiary/aromatic N) is 2. The summed E-state index contributed by atoms with van der Waals surface area (Å²) >= 11 is 0. The Morgan fingerprint density at radius 2 is 2.05 bits per heavy atom. The summed E-state index contributed by atoms with van der Waals surface area (Å²) in [5.74, 6) is 3.16. The van der Waals surface area contributed by atoms with Crippen molar-refractivity contribution in [1.82, 2.24) is 4.98 Å². The highest BCUT2D eigenvalue weighted by Gasteiger charge is 2.20. The summed E-state index contributed by atoms with van der Waals surface area (Å²) < 4.78 is 0. The second-order valence-corrected chi connectivity index (χ2v) is 5.25. The van der Waals surface area contributed by atoms with Crippen LogP contribution in [0.1, 0.15) is 28.8 Å². The average molecular weight is 291 g/mol. The van der Waals surface area contributed by atoms with Crippen molar-refractivity contribution in [2.45, 2.75) is 12.8 Å². The Bertz CT molecular complexity index is 727. The Balaban J connectivity index is 1.84. The van der Waals surface area contributed by atoms with Gasteiger partial charge in [-0.1, -0.05) is 12.0 Å². The lowest BCUT2D eigenvalue weighted by molar-refractivity contribution is 0.102. The van der Waals surface area contributed by atoms with Crippen LogP contribution in [0.4, 0.5) is 11.5 Å². The molecule has 4 nitrogen and oxygen atoms in total. The van der Waals surface area contributed by atoms with Gasteiger partial charge in [0.05, 0.1) is 5.56 Å². The fourth-order valence-electron chi connectivity index (χ4n) is 2.64. The molecule has 3 rings (SSSR count). The van der Waals surface area contributed by atoms with Gasteiger partial charge in [0.2, 0.25) is 0 Å². The number of nitrogens with one attached hydrogen (secondary N) is 1. The van der Waals surface area contributed by atoms with Gasteiger partial charge in [0, 0.05) is 30.5 Å². The van der Waals surface area contributed by atoms with Crippen LogP contribution in [0.15, 0.2) is 42.6 Å². The molecule has 110 valence electrons. The molecule has 1 N–H and O–H groups in total. The highest BCUT2D eigenvalue weighted by atomic mass is 16.1. The van der Waals surface area contributed by atoms with Gasteiger partial charge >= 0.3 is 0 Å². The maximum Gasteiger partial charge on any atom is 0.259 e. The maximum absolute atomic E-state index is 12.6. The SMILES string of the molecule is C#Cc1cccc(NC(=O)c2cccnc2N2CCCC2)c1. The predicted molar refractivity (Wildman–Crippen MR) is 88.0 cm³/mol. The summed E-state index contributed by atoms with van der Waals surface area (Å²) in [6, 6.07) is 10.9. The molecule has 1 aliphatic rings. The summed E-state index contributed by atoms with van der Waals surface area (Å²) in [5, 5.41) is 2.90. The third-order valence-corrected chi connectivity index (χ3v) is 3.72. The van der Waals surface area contributed by atoms with Crippen molar-refractivity contribution in [3.05, 3.63) is 53.7 Å². The highest BCUT2D eigenvalue weighted by Crippen LogP contribution is 2.23. The van der Waals surface area contributed by atoms with Gasteiger partial charge in [0.25, 0.3) is 5.91 Å². The van der Waals surface area contributed by atoms with Crippen molar-refractivity contribution >= 4 is 17.4 Å². The van der Waals surface area contributed by atoms with Crippen molar-refractivity contribution < 1.29 is 4.79 Å². The van der Waals surface area contributed by atoms with Gasteiger partial charge in [0.15, 0.2) is 0 Å². The molecular weight excluding hydrogens is 274 g/mol. The highest BCUT2D eigenvalue weighted by molar-refractivity contribution is 6.07. The lowest BCUT2D eigenvalue weighted by Crippen LogP contribution is -2.24. The molecule has 22 heavy (non-hydrogen) atoms. The van der Waals surface area contributed by atoms with Crippen molar-refractivity contribution in [3.8, 4) is 12.3 Å². The third-order valence-electron chi connectivity index (χ3n) is 3.72. The van der Waals surface area contributed by atoms with E-state index in [0.717, 1.165) is 37.3 Å². The van der Waals surface area contributed by atoms with Crippen LogP contribution in [0.3, 0.4) is 0 Å². The smallest absolute Gasteiger partial charge is 0.259 e. The van der Waals surface area contributed by atoms with Crippen LogP contribution in [0.5, 0.6) is 0 Å². The van der Waals surface area contributed by atoms with Crippen LogP contribution in [0, 0.1) is 12.3 Å². The number of anilines is 2. The second-order valence-electron chi connectivity index (χ2n) is 5.25. The van der Waals surface area contributed by atoms with Crippen LogP contribution >= 0.6 is 0 Å². The van der Waals surface area contributed by atoms with Crippen molar-refractivity contribution in [3.63, 3.8) is 0 Å². The van der Waals surface area contributed by atoms with Gasteiger partial charge in [-0.05, 0) is 43.2 Å². The first-order chi connectivity index (χ1) is 10.8. The minimum atomic E-state index is -0.163. The molecule has 1 aromatic heterocycles. The number of benzene rings is 1. The lowest BCUT2D eigenvalue weighted by atomic mass is 10.2. The predicted octanol–water partition coefficient (Wildman–Crippen LogP) is 2.92. The van der Waals surface area contributed by atoms with Crippen LogP contribution < -0.4 is 10.2 Å². The third kappa shape index (κ3) is 2.94. The molecule has 0 bridgehead atoms. The molecule has 0 unspecified atom stereocenters. The van der Waals surface area contributed by atoms with Crippen LogP contribution in [-0.2, 0) is 0 Å². The molecule has 1 aliphatic heterocycles. The van der Waals surface area contributed by atoms with E-state index in [1.165, 1.54) is 0 Å². The zero-order valence-corrected chi connectivity index (χ0v) is 12.2. The van der Waals surface area contributed by atoms with Crippen LogP contribution in [0.25, 0.3) is 0 Å². The molecule has 0 aliphatic carbocycles. The first kappa shape index (κ1) is 14.2. The normalized spacial score (nSPS) is 13.7. The molecule has 1 fully saturated rings. The summed E-state index contributed by atoms with van der Waals surface area (Å²) in [6.45, 7) is 1.90. The lowest BCUT2D eigenvalue weighted by Gasteiger charge is -2.19. The molecule has 4 heteroatoms. The summed E-state index contributed by atoms with van der Waals surface area (Å²) in [7, 11) is 0. The number of carbonyl (C=O) groups is 1. The molecule has 1 aromatic carbocycles. The Kier molecular flexibility index (Phi) is 4.06. The van der Waals surface area contributed by atoms with E-state index in [9.17, 15) is 4.79 Å². The Labute approximate surface area is 130 Å². The number of carbonyl (C=O) groups excluding carboxylic acids is 1. The standard InChI is InChI=1S/C18H17N3O/c1-2-14-7-5-8-15(13-14)20-18(22)16-9-6-10-19-17(16)21-11-3-4-12-21/h1,5-10,13H,3-4,11-12H2,(H,20,22). The van der Waals surface area contributed by atoms with E-state index in [2.05, 4.69) is 21.1 Å². The van der Waals surface area contributed by atoms with Gasteiger partial charge in [-0.25, -0.2) is 4.98 Å². The molecule has 1 saturated heterocycles. The van der Waals surface area contributed by atoms with Gasteiger partial charge in [0.1, 0.15) is 5.82 Å². The first-order valence-corrected chi connectivity index (χ1v) is 7.36. The number of amides is 1. The quantitative estimate of drug-likeness (QED) is 0.884. The minimum Gasteiger partial charge on any atom is -0.356 e. The zero-order chi connectivity index (χ0) is 15.4. The largest absolute Gasteiger partial charge is 0.356 e. The molecule has 0 radical (unpaired) electrons. The molecule has 2 aromatic rings. The van der Waals surface area contributed by atoms with E-state index in [1.54, 1.807) is 24.4 Å². The summed E-state index contributed by atoms with van der Waals surface area (Å²) in [6.07, 6.45) is 9.40. The van der Waals surface area contributed by atoms with E-state index in [1.807, 2.05) is 18.2 Å². The van der Waals surface area contributed by atoms with E-state index in [-0.39, 0.29) is 5.91 Å². The maximum atomic E-state index is 12.6. The number of hydrogen-bond acceptors (Lipinski definition) is 3. The van der Waals surface area contributed by atoms with Gasteiger partial charge < -0.3 is 10.2 Å². The molecule has 2 heterocycles. The van der Waals surface area contributed by atoms with Crippen molar-refractivity contribution in [2.75, 3.05) is 23.3 Å². The second kappa shape index (κ2) is 6.31. The topological polar surface area (TPSA) is 45.2 Å². The Morgan fingerprint density at radius 1 is 1.23 bits per heavy atom. The first-order valence-electron chi connectivity index (χ1n) is 7.36. The number of hydrogen-bond donors (Lipinski definition) is 1. The van der Waals surface area contributed by atoms with Crippen molar-refractivity contribution in [1.29, 1.82) is 0 Å². The molecular formula is C18H17N3O. The van der Waals surface area contributed by atoms with E-state index in [0.29, 0.717) is 11.3 Å². The summed E-state index contributed by atoms with van der Waals surface area (Å²) in [4.78, 5) is 19.1. The summed E-state index contributed by atoms with van der Waals surface area (Å²) in [5.41, 5.74) is 2.02. The Hall–Kier alpha value is -2.80. The van der Waals surface area contributed by atoms with E-state index in [4.69, 9.17) is 6.42 Å². The van der Waals surface area contributed by atoms with E-state index < -0.39 is 0 Å². The van der Waals surface area contributed by atoms with Gasteiger partial charge in [-0.3, -0.25) is 4.79 Å². The molecule has 1 amide bonds. The fourth-order valence-corrected chi connectivity index (χ4v) is 2.64. The van der Waals surface area contributed by atoms with Gasteiger partial charge in [-0.15, -0.1) is 6.42 Å². The number of pyridine rings is 1. The minimum absolute atomic E-state index is 0.163. The molecule has 0 spiro atoms. The molecule has 0 atom stereocenters. The number of rotatable bonds is 3.